The molecule has 0 N–H and O–H groups in total. The minimum Gasteiger partial charge on any atom is -0.496 e. The van der Waals surface area contributed by atoms with E-state index in [9.17, 15) is 4.79 Å². The van der Waals surface area contributed by atoms with Crippen LogP contribution in [0.25, 0.3) is 6.08 Å². The van der Waals surface area contributed by atoms with Crippen molar-refractivity contribution in [2.24, 2.45) is 0 Å². The number of halogens is 1. The molecule has 1 heterocycles. The van der Waals surface area contributed by atoms with E-state index in [0.29, 0.717) is 17.2 Å². The third kappa shape index (κ3) is 3.68. The standard InChI is InChI=1S/C22H23FO4/c1-13-18(25-4)11-16(12-19(13)26-5)20(23)21(24)15-6-7-17-14(10-15)8-9-22(2,3)27-17/h6-12,20H,1-5H3/i23-1. The Bertz CT molecular complexity index is 890. The molecule has 5 heteroatoms. The fourth-order valence-corrected chi connectivity index (χ4v) is 3.08. The van der Waals surface area contributed by atoms with Crippen LogP contribution in [0.15, 0.2) is 36.4 Å². The fourth-order valence-electron chi connectivity index (χ4n) is 3.08. The maximum Gasteiger partial charge on any atom is 0.201 e. The lowest BCUT2D eigenvalue weighted by atomic mass is 9.95. The SMILES string of the molecule is COc1cc(C([18F])C(=O)c2ccc3c(c2)C=CC(C)(C)O3)cc(OC)c1C. The average molecular weight is 369 g/mol. The van der Waals surface area contributed by atoms with Gasteiger partial charge in [-0.05, 0) is 57.2 Å². The Morgan fingerprint density at radius 2 is 1.74 bits per heavy atom. The smallest absolute Gasteiger partial charge is 0.201 e. The molecule has 3 rings (SSSR count). The molecule has 0 radical (unpaired) electrons. The zero-order valence-electron chi connectivity index (χ0n) is 16.1. The lowest BCUT2D eigenvalue weighted by Crippen LogP contribution is -2.27. The normalized spacial score (nSPS) is 15.5. The van der Waals surface area contributed by atoms with Crippen LogP contribution in [0.3, 0.4) is 0 Å². The van der Waals surface area contributed by atoms with Gasteiger partial charge in [-0.25, -0.2) is 4.39 Å². The summed E-state index contributed by atoms with van der Waals surface area (Å²) in [6.07, 6.45) is 1.98. The Morgan fingerprint density at radius 3 is 2.33 bits per heavy atom. The summed E-state index contributed by atoms with van der Waals surface area (Å²) in [6.45, 7) is 5.70. The number of benzene rings is 2. The summed E-state index contributed by atoms with van der Waals surface area (Å²) in [5, 5.41) is 0. The maximum absolute atomic E-state index is 15.0. The fraction of sp³-hybridized carbons (Fsp3) is 0.318. The zero-order valence-corrected chi connectivity index (χ0v) is 16.1. The first-order valence-corrected chi connectivity index (χ1v) is 8.69. The predicted octanol–water partition coefficient (Wildman–Crippen LogP) is 5.09. The Balaban J connectivity index is 1.93. The molecule has 2 aromatic rings. The van der Waals surface area contributed by atoms with Gasteiger partial charge in [0, 0.05) is 22.3 Å². The van der Waals surface area contributed by atoms with E-state index < -0.39 is 17.6 Å². The summed E-state index contributed by atoms with van der Waals surface area (Å²) in [5.41, 5.74) is 1.59. The number of rotatable bonds is 5. The van der Waals surface area contributed by atoms with Gasteiger partial charge in [0.1, 0.15) is 22.8 Å². The number of methoxy groups -OCH3 is 2. The van der Waals surface area contributed by atoms with Gasteiger partial charge in [-0.2, -0.15) is 0 Å². The van der Waals surface area contributed by atoms with Gasteiger partial charge in [0.2, 0.25) is 5.78 Å². The number of alkyl halides is 1. The largest absolute Gasteiger partial charge is 0.496 e. The predicted molar refractivity (Wildman–Crippen MR) is 103 cm³/mol. The van der Waals surface area contributed by atoms with Gasteiger partial charge in [-0.15, -0.1) is 0 Å². The molecule has 0 saturated heterocycles. The molecule has 0 saturated carbocycles. The van der Waals surface area contributed by atoms with Crippen LogP contribution < -0.4 is 14.2 Å². The van der Waals surface area contributed by atoms with E-state index in [2.05, 4.69) is 0 Å². The summed E-state index contributed by atoms with van der Waals surface area (Å²) in [6, 6.07) is 8.01. The third-order valence-corrected chi connectivity index (χ3v) is 4.63. The van der Waals surface area contributed by atoms with Crippen molar-refractivity contribution in [2.45, 2.75) is 32.5 Å². The number of hydrogen-bond acceptors (Lipinski definition) is 4. The number of hydrogen-bond donors (Lipinski definition) is 0. The van der Waals surface area contributed by atoms with Crippen LogP contribution in [0, 0.1) is 6.92 Å². The molecule has 1 atom stereocenters. The Hall–Kier alpha value is -2.82. The Labute approximate surface area is 158 Å². The van der Waals surface area contributed by atoms with E-state index >= 15 is 4.39 Å². The average Bonchev–Trinajstić information content (AvgIpc) is 2.66. The number of ether oxygens (including phenoxy) is 3. The molecule has 2 aromatic carbocycles. The first-order valence-electron chi connectivity index (χ1n) is 8.69. The molecule has 27 heavy (non-hydrogen) atoms. The van der Waals surface area contributed by atoms with Crippen LogP contribution in [0.1, 0.15) is 47.1 Å². The van der Waals surface area contributed by atoms with Crippen molar-refractivity contribution in [3.63, 3.8) is 0 Å². The lowest BCUT2D eigenvalue weighted by Gasteiger charge is -2.28. The molecule has 1 aliphatic heterocycles. The van der Waals surface area contributed by atoms with Crippen molar-refractivity contribution in [1.29, 1.82) is 0 Å². The van der Waals surface area contributed by atoms with E-state index in [1.807, 2.05) is 32.9 Å². The first kappa shape index (κ1) is 19.0. The van der Waals surface area contributed by atoms with Gasteiger partial charge in [-0.1, -0.05) is 6.08 Å². The second kappa shape index (κ2) is 7.06. The maximum atomic E-state index is 15.0. The number of Topliss-reactive ketones (excluding diaryl/α,β-unsaturated/α-hetero) is 1. The summed E-state index contributed by atoms with van der Waals surface area (Å²) in [5.74, 6) is 1.00. The van der Waals surface area contributed by atoms with Crippen LogP contribution in [0.2, 0.25) is 0 Å². The number of carbonyl (C=O) groups is 1. The molecule has 1 aliphatic rings. The van der Waals surface area contributed by atoms with Crippen LogP contribution in [0.4, 0.5) is 4.39 Å². The second-order valence-corrected chi connectivity index (χ2v) is 7.07. The molecule has 0 amide bonds. The van der Waals surface area contributed by atoms with Gasteiger partial charge in [0.15, 0.2) is 6.17 Å². The van der Waals surface area contributed by atoms with Crippen molar-refractivity contribution < 1.29 is 23.4 Å². The third-order valence-electron chi connectivity index (χ3n) is 4.63. The first-order chi connectivity index (χ1) is 12.8. The summed E-state index contributed by atoms with van der Waals surface area (Å²) < 4.78 is 31.4. The molecule has 0 aliphatic carbocycles. The van der Waals surface area contributed by atoms with Crippen LogP contribution >= 0.6 is 0 Å². The molecule has 4 nitrogen and oxygen atoms in total. The molecule has 1 unspecified atom stereocenters. The van der Waals surface area contributed by atoms with E-state index in [-0.39, 0.29) is 11.1 Å². The summed E-state index contributed by atoms with van der Waals surface area (Å²) in [4.78, 5) is 12.7. The van der Waals surface area contributed by atoms with Gasteiger partial charge >= 0.3 is 0 Å². The molecule has 142 valence electrons. The van der Waals surface area contributed by atoms with E-state index in [0.717, 1.165) is 11.1 Å². The molecule has 0 spiro atoms. The van der Waals surface area contributed by atoms with E-state index in [1.54, 1.807) is 18.2 Å². The van der Waals surface area contributed by atoms with Gasteiger partial charge in [0.25, 0.3) is 0 Å². The number of ketones is 1. The van der Waals surface area contributed by atoms with Crippen molar-refractivity contribution in [1.82, 2.24) is 0 Å². The highest BCUT2D eigenvalue weighted by Gasteiger charge is 2.26. The molecular weight excluding hydrogens is 346 g/mol. The zero-order chi connectivity index (χ0) is 19.8. The molecule has 0 fully saturated rings. The van der Waals surface area contributed by atoms with Gasteiger partial charge < -0.3 is 14.2 Å². The highest BCUT2D eigenvalue weighted by Crippen LogP contribution is 2.36. The minimum absolute atomic E-state index is 0.199. The van der Waals surface area contributed by atoms with Crippen molar-refractivity contribution in [2.75, 3.05) is 14.2 Å². The number of fused-ring (bicyclic) bond motifs is 1. The molecular formula is C22H23FO4. The Kier molecular flexibility index (Phi) is 4.96. The van der Waals surface area contributed by atoms with Crippen molar-refractivity contribution in [3.05, 3.63) is 58.7 Å². The van der Waals surface area contributed by atoms with Crippen LogP contribution in [0.5, 0.6) is 17.2 Å². The monoisotopic (exact) mass is 369 g/mol. The molecule has 0 aromatic heterocycles. The minimum atomic E-state index is -1.82. The molecule has 0 bridgehead atoms. The van der Waals surface area contributed by atoms with Gasteiger partial charge in [0.05, 0.1) is 14.2 Å². The van der Waals surface area contributed by atoms with Crippen LogP contribution in [-0.4, -0.2) is 25.6 Å². The van der Waals surface area contributed by atoms with Crippen molar-refractivity contribution >= 4 is 11.9 Å². The van der Waals surface area contributed by atoms with Crippen LogP contribution in [-0.2, 0) is 0 Å². The van der Waals surface area contributed by atoms with E-state index in [4.69, 9.17) is 14.2 Å². The second-order valence-electron chi connectivity index (χ2n) is 7.07. The summed E-state index contributed by atoms with van der Waals surface area (Å²) in [7, 11) is 3.00. The Morgan fingerprint density at radius 1 is 1.11 bits per heavy atom. The topological polar surface area (TPSA) is 44.8 Å². The highest BCUT2D eigenvalue weighted by molar-refractivity contribution is 6.00. The summed E-state index contributed by atoms with van der Waals surface area (Å²) >= 11 is 0. The van der Waals surface area contributed by atoms with E-state index in [1.165, 1.54) is 26.4 Å². The quantitative estimate of drug-likeness (QED) is 0.689. The van der Waals surface area contributed by atoms with Gasteiger partial charge in [-0.3, -0.25) is 4.79 Å². The van der Waals surface area contributed by atoms with Crippen molar-refractivity contribution in [3.8, 4) is 17.2 Å². The lowest BCUT2D eigenvalue weighted by molar-refractivity contribution is 0.0877. The highest BCUT2D eigenvalue weighted by atomic mass is 18.2. The number of carbonyl (C=O) groups excluding carboxylic acids is 1.